The van der Waals surface area contributed by atoms with Gasteiger partial charge in [-0.2, -0.15) is 0 Å². The average Bonchev–Trinajstić information content (AvgIpc) is 2.85. The molecule has 1 fully saturated rings. The fraction of sp³-hybridized carbons (Fsp3) is 0.462. The number of rotatable bonds is 3. The molecule has 0 aliphatic carbocycles. The van der Waals surface area contributed by atoms with Crippen molar-refractivity contribution in [3.8, 4) is 5.75 Å². The van der Waals surface area contributed by atoms with Crippen molar-refractivity contribution in [2.45, 2.75) is 12.3 Å². The maximum Gasteiger partial charge on any atom is 0.573 e. The first kappa shape index (κ1) is 14.6. The Labute approximate surface area is 113 Å². The third-order valence-electron chi connectivity index (χ3n) is 3.24. The third-order valence-corrected chi connectivity index (χ3v) is 3.24. The maximum absolute atomic E-state index is 12.2. The van der Waals surface area contributed by atoms with E-state index in [2.05, 4.69) is 10.1 Å². The Bertz CT molecular complexity index is 490. The predicted molar refractivity (Wildman–Crippen MR) is 64.2 cm³/mol. The lowest BCUT2D eigenvalue weighted by atomic mass is 9.89. The van der Waals surface area contributed by atoms with Crippen LogP contribution in [0, 0.1) is 5.92 Å². The molecule has 1 heterocycles. The van der Waals surface area contributed by atoms with E-state index in [1.165, 1.54) is 25.3 Å². The van der Waals surface area contributed by atoms with Gasteiger partial charge in [-0.25, -0.2) is 0 Å². The van der Waals surface area contributed by atoms with Gasteiger partial charge in [-0.05, 0) is 17.7 Å². The highest BCUT2D eigenvalue weighted by Crippen LogP contribution is 2.32. The number of carbonyl (C=O) groups excluding carboxylic acids is 1. The summed E-state index contributed by atoms with van der Waals surface area (Å²) in [7, 11) is 1.29. The lowest BCUT2D eigenvalue weighted by molar-refractivity contribution is -0.274. The van der Waals surface area contributed by atoms with Gasteiger partial charge in [0.25, 0.3) is 0 Å². The van der Waals surface area contributed by atoms with E-state index in [0.717, 1.165) is 0 Å². The molecule has 4 nitrogen and oxygen atoms in total. The summed E-state index contributed by atoms with van der Waals surface area (Å²) in [6.45, 7) is 0.955. The van der Waals surface area contributed by atoms with Gasteiger partial charge in [0, 0.05) is 19.0 Å². The Balaban J connectivity index is 2.20. The second-order valence-electron chi connectivity index (χ2n) is 4.51. The average molecular weight is 289 g/mol. The number of halogens is 3. The van der Waals surface area contributed by atoms with Crippen molar-refractivity contribution in [1.29, 1.82) is 0 Å². The first-order chi connectivity index (χ1) is 9.40. The number of alkyl halides is 3. The highest BCUT2D eigenvalue weighted by Gasteiger charge is 2.36. The molecule has 1 N–H and O–H groups in total. The first-order valence-electron chi connectivity index (χ1n) is 6.05. The highest BCUT2D eigenvalue weighted by molar-refractivity contribution is 5.74. The number of nitrogens with one attached hydrogen (secondary N) is 1. The van der Waals surface area contributed by atoms with Crippen LogP contribution in [0.1, 0.15) is 11.5 Å². The summed E-state index contributed by atoms with van der Waals surface area (Å²) < 4.78 is 45.2. The highest BCUT2D eigenvalue weighted by atomic mass is 19.4. The third kappa shape index (κ3) is 3.41. The Morgan fingerprint density at radius 2 is 2.10 bits per heavy atom. The van der Waals surface area contributed by atoms with E-state index in [0.29, 0.717) is 18.7 Å². The van der Waals surface area contributed by atoms with Crippen molar-refractivity contribution >= 4 is 5.97 Å². The molecule has 20 heavy (non-hydrogen) atoms. The number of hydrogen-bond acceptors (Lipinski definition) is 4. The minimum Gasteiger partial charge on any atom is -0.469 e. The number of ether oxygens (including phenoxy) is 2. The molecule has 7 heteroatoms. The largest absolute Gasteiger partial charge is 0.573 e. The molecule has 1 aromatic carbocycles. The molecule has 1 saturated heterocycles. The van der Waals surface area contributed by atoms with Crippen LogP contribution < -0.4 is 10.1 Å². The van der Waals surface area contributed by atoms with E-state index in [1.54, 1.807) is 6.07 Å². The van der Waals surface area contributed by atoms with Crippen molar-refractivity contribution in [1.82, 2.24) is 5.32 Å². The van der Waals surface area contributed by atoms with Gasteiger partial charge in [0.05, 0.1) is 13.0 Å². The number of hydrogen-bond donors (Lipinski definition) is 1. The summed E-state index contributed by atoms with van der Waals surface area (Å²) in [5.41, 5.74) is 0.618. The molecule has 0 saturated carbocycles. The summed E-state index contributed by atoms with van der Waals surface area (Å²) >= 11 is 0. The van der Waals surface area contributed by atoms with Crippen LogP contribution in [0.2, 0.25) is 0 Å². The van der Waals surface area contributed by atoms with Crippen LogP contribution in [-0.2, 0) is 9.53 Å². The Morgan fingerprint density at radius 3 is 2.75 bits per heavy atom. The standard InChI is InChI=1S/C13H14F3NO3/c1-19-12(18)11-7-17-6-10(11)8-3-2-4-9(5-8)20-13(14,15)16/h2-5,10-11,17H,6-7H2,1H3. The van der Waals surface area contributed by atoms with E-state index < -0.39 is 12.3 Å². The molecule has 1 aliphatic heterocycles. The smallest absolute Gasteiger partial charge is 0.469 e. The molecule has 0 amide bonds. The van der Waals surface area contributed by atoms with Crippen LogP contribution in [0.25, 0.3) is 0 Å². The summed E-state index contributed by atoms with van der Waals surface area (Å²) in [6.07, 6.45) is -4.73. The number of esters is 1. The van der Waals surface area contributed by atoms with Crippen molar-refractivity contribution in [2.75, 3.05) is 20.2 Å². The topological polar surface area (TPSA) is 47.6 Å². The first-order valence-corrected chi connectivity index (χ1v) is 6.05. The SMILES string of the molecule is COC(=O)C1CNCC1c1cccc(OC(F)(F)F)c1. The molecule has 110 valence electrons. The van der Waals surface area contributed by atoms with Gasteiger partial charge >= 0.3 is 12.3 Å². The van der Waals surface area contributed by atoms with Crippen molar-refractivity contribution < 1.29 is 27.4 Å². The molecular weight excluding hydrogens is 275 g/mol. The van der Waals surface area contributed by atoms with Crippen LogP contribution in [0.4, 0.5) is 13.2 Å². The maximum atomic E-state index is 12.2. The van der Waals surface area contributed by atoms with Crippen molar-refractivity contribution in [2.24, 2.45) is 5.92 Å². The fourth-order valence-electron chi connectivity index (χ4n) is 2.37. The zero-order valence-corrected chi connectivity index (χ0v) is 10.7. The van der Waals surface area contributed by atoms with E-state index in [9.17, 15) is 18.0 Å². The molecule has 0 aromatic heterocycles. The van der Waals surface area contributed by atoms with Gasteiger partial charge in [-0.3, -0.25) is 4.79 Å². The van der Waals surface area contributed by atoms with Gasteiger partial charge in [-0.1, -0.05) is 12.1 Å². The zero-order chi connectivity index (χ0) is 14.8. The minimum atomic E-state index is -4.73. The van der Waals surface area contributed by atoms with E-state index in [4.69, 9.17) is 4.74 Å². The second kappa shape index (κ2) is 5.70. The number of benzene rings is 1. The van der Waals surface area contributed by atoms with Crippen LogP contribution in [0.3, 0.4) is 0 Å². The van der Waals surface area contributed by atoms with Crippen LogP contribution in [0.5, 0.6) is 5.75 Å². The summed E-state index contributed by atoms with van der Waals surface area (Å²) in [5, 5.41) is 3.04. The molecule has 0 spiro atoms. The molecule has 1 aliphatic rings. The normalized spacial score (nSPS) is 22.6. The molecule has 0 radical (unpaired) electrons. The fourth-order valence-corrected chi connectivity index (χ4v) is 2.37. The van der Waals surface area contributed by atoms with Gasteiger partial charge in [0.2, 0.25) is 0 Å². The molecule has 0 bridgehead atoms. The molecule has 2 rings (SSSR count). The minimum absolute atomic E-state index is 0.223. The molecule has 2 atom stereocenters. The van der Waals surface area contributed by atoms with Crippen molar-refractivity contribution in [3.05, 3.63) is 29.8 Å². The van der Waals surface area contributed by atoms with Gasteiger partial charge in [0.1, 0.15) is 5.75 Å². The molecule has 1 aromatic rings. The summed E-state index contributed by atoms with van der Waals surface area (Å²) in [4.78, 5) is 11.6. The van der Waals surface area contributed by atoms with Crippen LogP contribution in [-0.4, -0.2) is 32.5 Å². The Kier molecular flexibility index (Phi) is 4.17. The van der Waals surface area contributed by atoms with E-state index in [1.807, 2.05) is 0 Å². The predicted octanol–water partition coefficient (Wildman–Crippen LogP) is 2.06. The lowest BCUT2D eigenvalue weighted by Crippen LogP contribution is -2.23. The quantitative estimate of drug-likeness (QED) is 0.865. The van der Waals surface area contributed by atoms with Gasteiger partial charge in [0.15, 0.2) is 0 Å². The molecular formula is C13H14F3NO3. The number of carbonyl (C=O) groups is 1. The molecule has 2 unspecified atom stereocenters. The van der Waals surface area contributed by atoms with Crippen molar-refractivity contribution in [3.63, 3.8) is 0 Å². The second-order valence-corrected chi connectivity index (χ2v) is 4.51. The number of methoxy groups -OCH3 is 1. The van der Waals surface area contributed by atoms with E-state index >= 15 is 0 Å². The van der Waals surface area contributed by atoms with Crippen LogP contribution in [0.15, 0.2) is 24.3 Å². The van der Waals surface area contributed by atoms with E-state index in [-0.39, 0.29) is 17.6 Å². The summed E-state index contributed by atoms with van der Waals surface area (Å²) in [5.74, 6) is -1.28. The van der Waals surface area contributed by atoms with Gasteiger partial charge < -0.3 is 14.8 Å². The monoisotopic (exact) mass is 289 g/mol. The summed E-state index contributed by atoms with van der Waals surface area (Å²) in [6, 6.07) is 5.69. The Morgan fingerprint density at radius 1 is 1.35 bits per heavy atom. The van der Waals surface area contributed by atoms with Crippen LogP contribution >= 0.6 is 0 Å². The Hall–Kier alpha value is -1.76. The lowest BCUT2D eigenvalue weighted by Gasteiger charge is -2.18. The zero-order valence-electron chi connectivity index (χ0n) is 10.7. The van der Waals surface area contributed by atoms with Gasteiger partial charge in [-0.15, -0.1) is 13.2 Å².